The maximum absolute atomic E-state index is 12.2. The van der Waals surface area contributed by atoms with E-state index < -0.39 is 18.2 Å². The van der Waals surface area contributed by atoms with Crippen LogP contribution in [0.25, 0.3) is 0 Å². The van der Waals surface area contributed by atoms with Gasteiger partial charge >= 0.3 is 5.97 Å². The summed E-state index contributed by atoms with van der Waals surface area (Å²) in [6, 6.07) is 3.43. The van der Waals surface area contributed by atoms with Crippen molar-refractivity contribution in [2.45, 2.75) is 25.2 Å². The topological polar surface area (TPSA) is 97.3 Å². The third-order valence-electron chi connectivity index (χ3n) is 5.31. The molecular weight excluding hydrogens is 350 g/mol. The zero-order valence-electron chi connectivity index (χ0n) is 15.5. The molecule has 0 spiro atoms. The molecule has 0 amide bonds. The normalized spacial score (nSPS) is 27.0. The number of phenolic OH excluding ortho intramolecular Hbond substituents is 1. The molecule has 0 saturated carbocycles. The Labute approximate surface area is 158 Å². The zero-order chi connectivity index (χ0) is 19.6. The molecule has 1 aromatic carbocycles. The van der Waals surface area contributed by atoms with Gasteiger partial charge in [0.1, 0.15) is 0 Å². The molecule has 7 heteroatoms. The number of nitrogens with one attached hydrogen (secondary N) is 1. The minimum Gasteiger partial charge on any atom is -0.504 e. The molecule has 0 unspecified atom stereocenters. The second kappa shape index (κ2) is 8.02. The first-order valence-corrected chi connectivity index (χ1v) is 8.87. The molecule has 2 aliphatic heterocycles. The lowest BCUT2D eigenvalue weighted by Crippen LogP contribution is -2.39. The van der Waals surface area contributed by atoms with Crippen LogP contribution in [0.15, 0.2) is 36.6 Å². The Morgan fingerprint density at radius 3 is 2.89 bits per heavy atom. The third kappa shape index (κ3) is 3.65. The number of carbonyl (C=O) groups excluding carboxylic acids is 1. The fraction of sp³-hybridized carbons (Fsp3) is 0.450. The van der Waals surface area contributed by atoms with Crippen molar-refractivity contribution >= 4 is 5.97 Å². The van der Waals surface area contributed by atoms with Gasteiger partial charge in [0.05, 0.1) is 26.1 Å². The first-order valence-electron chi connectivity index (χ1n) is 8.87. The number of aromatic hydroxyl groups is 1. The number of esters is 1. The highest BCUT2D eigenvalue weighted by Gasteiger charge is 2.39. The van der Waals surface area contributed by atoms with Crippen molar-refractivity contribution in [3.63, 3.8) is 0 Å². The van der Waals surface area contributed by atoms with Gasteiger partial charge in [0.25, 0.3) is 0 Å². The first-order chi connectivity index (χ1) is 13.0. The number of phenols is 1. The summed E-state index contributed by atoms with van der Waals surface area (Å²) in [5, 5.41) is 23.8. The van der Waals surface area contributed by atoms with Crippen molar-refractivity contribution in [1.29, 1.82) is 0 Å². The zero-order valence-corrected chi connectivity index (χ0v) is 15.5. The Morgan fingerprint density at radius 2 is 2.22 bits per heavy atom. The van der Waals surface area contributed by atoms with Gasteiger partial charge in [0.2, 0.25) is 6.29 Å². The van der Waals surface area contributed by atoms with Crippen LogP contribution in [0, 0.1) is 11.8 Å². The lowest BCUT2D eigenvalue weighted by Gasteiger charge is -2.37. The Balaban J connectivity index is 1.94. The first kappa shape index (κ1) is 19.3. The van der Waals surface area contributed by atoms with Crippen molar-refractivity contribution in [1.82, 2.24) is 5.32 Å². The molecule has 1 aromatic rings. The van der Waals surface area contributed by atoms with Gasteiger partial charge in [-0.2, -0.15) is 0 Å². The van der Waals surface area contributed by atoms with Crippen LogP contribution in [0.3, 0.4) is 0 Å². The molecule has 0 fully saturated rings. The average Bonchev–Trinajstić information content (AvgIpc) is 2.67. The van der Waals surface area contributed by atoms with Crippen molar-refractivity contribution in [2.24, 2.45) is 11.8 Å². The molecule has 146 valence electrons. The largest absolute Gasteiger partial charge is 0.504 e. The molecule has 3 rings (SSSR count). The lowest BCUT2D eigenvalue weighted by atomic mass is 9.77. The minimum atomic E-state index is -1.08. The predicted octanol–water partition coefficient (Wildman–Crippen LogP) is 1.80. The SMILES string of the molecule is C=C[C@H]1[C@H](O)OC=C(C(=O)OC)[C@H]1C[C@@H]1NCCc2cc(OC)c(O)cc21. The van der Waals surface area contributed by atoms with Gasteiger partial charge < -0.3 is 29.7 Å². The standard InChI is InChI=1S/C20H25NO6/c1-4-12-14(15(19(23)26-3)10-27-20(12)24)8-16-13-9-17(22)18(25-2)7-11(13)5-6-21-16/h4,7,9-10,12,14,16,20-22,24H,1,5-6,8H2,2-3H3/t12-,14+,16+,20-/m1/s1. The van der Waals surface area contributed by atoms with E-state index in [1.165, 1.54) is 20.5 Å². The quantitative estimate of drug-likeness (QED) is 0.533. The van der Waals surface area contributed by atoms with Crippen LogP contribution >= 0.6 is 0 Å². The number of carbonyl (C=O) groups is 1. The van der Waals surface area contributed by atoms with E-state index in [4.69, 9.17) is 14.2 Å². The molecule has 2 aliphatic rings. The molecule has 0 aliphatic carbocycles. The average molecular weight is 375 g/mol. The van der Waals surface area contributed by atoms with Crippen molar-refractivity contribution in [3.05, 3.63) is 47.7 Å². The van der Waals surface area contributed by atoms with E-state index in [9.17, 15) is 15.0 Å². The van der Waals surface area contributed by atoms with Crippen molar-refractivity contribution < 1.29 is 29.2 Å². The van der Waals surface area contributed by atoms with E-state index >= 15 is 0 Å². The Morgan fingerprint density at radius 1 is 1.44 bits per heavy atom. The van der Waals surface area contributed by atoms with Crippen LogP contribution in [-0.4, -0.2) is 43.2 Å². The smallest absolute Gasteiger partial charge is 0.337 e. The Bertz CT molecular complexity index is 759. The summed E-state index contributed by atoms with van der Waals surface area (Å²) in [6.07, 6.45) is 3.12. The minimum absolute atomic E-state index is 0.0703. The van der Waals surface area contributed by atoms with Gasteiger partial charge in [-0.05, 0) is 42.6 Å². The second-order valence-corrected chi connectivity index (χ2v) is 6.73. The number of ether oxygens (including phenoxy) is 3. The van der Waals surface area contributed by atoms with E-state index in [1.54, 1.807) is 12.1 Å². The van der Waals surface area contributed by atoms with Crippen LogP contribution < -0.4 is 10.1 Å². The summed E-state index contributed by atoms with van der Waals surface area (Å²) in [7, 11) is 2.83. The summed E-state index contributed by atoms with van der Waals surface area (Å²) >= 11 is 0. The maximum Gasteiger partial charge on any atom is 0.337 e. The molecule has 7 nitrogen and oxygen atoms in total. The Hall–Kier alpha value is -2.51. The fourth-order valence-electron chi connectivity index (χ4n) is 3.90. The third-order valence-corrected chi connectivity index (χ3v) is 5.31. The van der Waals surface area contributed by atoms with Gasteiger partial charge in [-0.15, -0.1) is 6.58 Å². The number of benzene rings is 1. The molecular formula is C20H25NO6. The van der Waals surface area contributed by atoms with Crippen molar-refractivity contribution in [3.8, 4) is 11.5 Å². The van der Waals surface area contributed by atoms with Gasteiger partial charge in [-0.1, -0.05) is 6.08 Å². The Kier molecular flexibility index (Phi) is 5.72. The number of methoxy groups -OCH3 is 2. The monoisotopic (exact) mass is 375 g/mol. The second-order valence-electron chi connectivity index (χ2n) is 6.73. The molecule has 0 saturated heterocycles. The molecule has 2 heterocycles. The van der Waals surface area contributed by atoms with Crippen LogP contribution in [0.1, 0.15) is 23.6 Å². The number of hydrogen-bond donors (Lipinski definition) is 3. The molecule has 0 radical (unpaired) electrons. The summed E-state index contributed by atoms with van der Waals surface area (Å²) < 4.78 is 15.3. The summed E-state index contributed by atoms with van der Waals surface area (Å²) in [5.41, 5.74) is 2.40. The molecule has 0 bridgehead atoms. The fourth-order valence-corrected chi connectivity index (χ4v) is 3.90. The van der Waals surface area contributed by atoms with Gasteiger partial charge in [-0.3, -0.25) is 0 Å². The van der Waals surface area contributed by atoms with E-state index in [2.05, 4.69) is 11.9 Å². The highest BCUT2D eigenvalue weighted by atomic mass is 16.6. The lowest BCUT2D eigenvalue weighted by molar-refractivity contribution is -0.142. The number of hydrogen-bond acceptors (Lipinski definition) is 7. The predicted molar refractivity (Wildman–Crippen MR) is 98.1 cm³/mol. The van der Waals surface area contributed by atoms with Crippen LogP contribution in [0.5, 0.6) is 11.5 Å². The molecule has 3 N–H and O–H groups in total. The maximum atomic E-state index is 12.2. The summed E-state index contributed by atoms with van der Waals surface area (Å²) in [5.74, 6) is -0.780. The molecule has 27 heavy (non-hydrogen) atoms. The van der Waals surface area contributed by atoms with Gasteiger partial charge in [-0.25, -0.2) is 4.79 Å². The van der Waals surface area contributed by atoms with E-state index in [-0.39, 0.29) is 17.7 Å². The number of aliphatic hydroxyl groups excluding tert-OH is 1. The van der Waals surface area contributed by atoms with E-state index in [0.29, 0.717) is 17.7 Å². The van der Waals surface area contributed by atoms with Gasteiger partial charge in [0.15, 0.2) is 11.5 Å². The van der Waals surface area contributed by atoms with E-state index in [1.807, 2.05) is 6.07 Å². The van der Waals surface area contributed by atoms with Gasteiger partial charge in [0, 0.05) is 17.9 Å². The number of rotatable bonds is 5. The van der Waals surface area contributed by atoms with E-state index in [0.717, 1.165) is 24.1 Å². The highest BCUT2D eigenvalue weighted by Crippen LogP contribution is 2.41. The van der Waals surface area contributed by atoms with Crippen molar-refractivity contribution in [2.75, 3.05) is 20.8 Å². The van der Waals surface area contributed by atoms with Crippen LogP contribution in [-0.2, 0) is 20.7 Å². The molecule has 4 atom stereocenters. The van der Waals surface area contributed by atoms with Crippen LogP contribution in [0.4, 0.5) is 0 Å². The summed E-state index contributed by atoms with van der Waals surface area (Å²) in [6.45, 7) is 4.54. The van der Waals surface area contributed by atoms with Crippen LogP contribution in [0.2, 0.25) is 0 Å². The number of fused-ring (bicyclic) bond motifs is 1. The summed E-state index contributed by atoms with van der Waals surface area (Å²) in [4.78, 5) is 12.2. The molecule has 0 aromatic heterocycles. The number of aliphatic hydroxyl groups is 1. The highest BCUT2D eigenvalue weighted by molar-refractivity contribution is 5.89.